The van der Waals surface area contributed by atoms with Crippen molar-refractivity contribution >= 4 is 5.69 Å². The number of non-ortho nitro benzene ring substituents is 1. The van der Waals surface area contributed by atoms with E-state index in [1.807, 2.05) is 6.07 Å². The molecule has 0 radical (unpaired) electrons. The van der Waals surface area contributed by atoms with Crippen molar-refractivity contribution < 1.29 is 9.45 Å². The highest BCUT2D eigenvalue weighted by Gasteiger charge is 2.14. The summed E-state index contributed by atoms with van der Waals surface area (Å²) in [6, 6.07) is 8.59. The topological polar surface area (TPSA) is 81.2 Å². The lowest BCUT2D eigenvalue weighted by Crippen LogP contribution is -2.20. The van der Waals surface area contributed by atoms with Crippen LogP contribution in [0.4, 0.5) is 5.69 Å². The number of nitro benzene ring substituents is 1. The first kappa shape index (κ1) is 14.2. The molecule has 0 spiro atoms. The molecule has 1 aromatic carbocycles. The molecule has 0 fully saturated rings. The fourth-order valence-corrected chi connectivity index (χ4v) is 2.09. The van der Waals surface area contributed by atoms with Crippen molar-refractivity contribution in [3.05, 3.63) is 58.0 Å². The Labute approximate surface area is 116 Å². The van der Waals surface area contributed by atoms with Gasteiger partial charge in [0.1, 0.15) is 5.76 Å². The van der Waals surface area contributed by atoms with Gasteiger partial charge in [-0.2, -0.15) is 0 Å². The third-order valence-corrected chi connectivity index (χ3v) is 3.07. The fraction of sp³-hybridized carbons (Fsp3) is 0.357. The smallest absolute Gasteiger partial charge is 0.269 e. The van der Waals surface area contributed by atoms with Crippen LogP contribution in [-0.2, 0) is 6.54 Å². The molecule has 2 aromatic rings. The highest BCUT2D eigenvalue weighted by atomic mass is 16.6. The summed E-state index contributed by atoms with van der Waals surface area (Å²) in [4.78, 5) is 10.5. The maximum Gasteiger partial charge on any atom is 0.269 e. The number of rotatable bonds is 7. The highest BCUT2D eigenvalue weighted by Crippen LogP contribution is 2.23. The zero-order valence-corrected chi connectivity index (χ0v) is 11.3. The number of aromatic nitrogens is 1. The Morgan fingerprint density at radius 1 is 1.45 bits per heavy atom. The average molecular weight is 275 g/mol. The van der Waals surface area contributed by atoms with Crippen molar-refractivity contribution in [2.75, 3.05) is 0 Å². The quantitative estimate of drug-likeness (QED) is 0.619. The number of nitrogens with one attached hydrogen (secondary N) is 1. The van der Waals surface area contributed by atoms with E-state index in [0.29, 0.717) is 6.54 Å². The molecule has 2 rings (SSSR count). The van der Waals surface area contributed by atoms with Gasteiger partial charge in [0.25, 0.3) is 5.69 Å². The van der Waals surface area contributed by atoms with Gasteiger partial charge in [0.2, 0.25) is 0 Å². The second-order valence-electron chi connectivity index (χ2n) is 4.55. The molecule has 6 heteroatoms. The van der Waals surface area contributed by atoms with Crippen LogP contribution in [0, 0.1) is 10.1 Å². The van der Waals surface area contributed by atoms with E-state index in [1.165, 1.54) is 6.07 Å². The summed E-state index contributed by atoms with van der Waals surface area (Å²) < 4.78 is 5.04. The Morgan fingerprint density at radius 3 is 2.95 bits per heavy atom. The van der Waals surface area contributed by atoms with Gasteiger partial charge in [0.15, 0.2) is 0 Å². The van der Waals surface area contributed by atoms with Crippen molar-refractivity contribution in [1.29, 1.82) is 0 Å². The SMILES string of the molecule is CCCC(NCc1ccno1)c1cccc([N+](=O)[O-])c1. The largest absolute Gasteiger partial charge is 0.360 e. The van der Waals surface area contributed by atoms with Gasteiger partial charge >= 0.3 is 0 Å². The minimum atomic E-state index is -0.372. The molecule has 1 N–H and O–H groups in total. The molecule has 0 aliphatic heterocycles. The van der Waals surface area contributed by atoms with Crippen molar-refractivity contribution in [3.8, 4) is 0 Å². The molecule has 6 nitrogen and oxygen atoms in total. The van der Waals surface area contributed by atoms with E-state index in [2.05, 4.69) is 17.4 Å². The molecule has 20 heavy (non-hydrogen) atoms. The summed E-state index contributed by atoms with van der Waals surface area (Å²) in [7, 11) is 0. The van der Waals surface area contributed by atoms with Gasteiger partial charge in [0.05, 0.1) is 17.7 Å². The Kier molecular flexibility index (Phi) is 4.84. The van der Waals surface area contributed by atoms with Gasteiger partial charge in [0, 0.05) is 24.2 Å². The Hall–Kier alpha value is -2.21. The lowest BCUT2D eigenvalue weighted by atomic mass is 10.0. The Bertz CT molecular complexity index is 555. The Balaban J connectivity index is 2.10. The van der Waals surface area contributed by atoms with Crippen molar-refractivity contribution in [1.82, 2.24) is 10.5 Å². The summed E-state index contributed by atoms with van der Waals surface area (Å²) in [6.45, 7) is 2.63. The molecule has 1 atom stereocenters. The van der Waals surface area contributed by atoms with E-state index in [9.17, 15) is 10.1 Å². The van der Waals surface area contributed by atoms with E-state index >= 15 is 0 Å². The summed E-state index contributed by atoms with van der Waals surface area (Å²) in [5.74, 6) is 0.747. The summed E-state index contributed by atoms with van der Waals surface area (Å²) in [5.41, 5.74) is 1.03. The van der Waals surface area contributed by atoms with E-state index in [1.54, 1.807) is 24.4 Å². The van der Waals surface area contributed by atoms with E-state index in [4.69, 9.17) is 4.52 Å². The average Bonchev–Trinajstić information content (AvgIpc) is 2.97. The van der Waals surface area contributed by atoms with E-state index in [-0.39, 0.29) is 16.7 Å². The molecule has 1 unspecified atom stereocenters. The second-order valence-corrected chi connectivity index (χ2v) is 4.55. The first-order chi connectivity index (χ1) is 9.70. The van der Waals surface area contributed by atoms with Crippen LogP contribution in [-0.4, -0.2) is 10.1 Å². The van der Waals surface area contributed by atoms with Gasteiger partial charge < -0.3 is 9.84 Å². The zero-order valence-electron chi connectivity index (χ0n) is 11.3. The summed E-state index contributed by atoms with van der Waals surface area (Å²) in [6.07, 6.45) is 3.48. The Morgan fingerprint density at radius 2 is 2.30 bits per heavy atom. The van der Waals surface area contributed by atoms with Crippen LogP contribution in [0.25, 0.3) is 0 Å². The first-order valence-corrected chi connectivity index (χ1v) is 6.58. The standard InChI is InChI=1S/C14H17N3O3/c1-2-4-14(15-10-13-7-8-16-20-13)11-5-3-6-12(9-11)17(18)19/h3,5-9,14-15H,2,4,10H2,1H3. The van der Waals surface area contributed by atoms with Gasteiger partial charge in [-0.05, 0) is 12.0 Å². The normalized spacial score (nSPS) is 12.2. The third-order valence-electron chi connectivity index (χ3n) is 3.07. The van der Waals surface area contributed by atoms with Crippen LogP contribution in [0.3, 0.4) is 0 Å². The van der Waals surface area contributed by atoms with E-state index in [0.717, 1.165) is 24.2 Å². The van der Waals surface area contributed by atoms with Crippen LogP contribution in [0.15, 0.2) is 41.1 Å². The number of nitrogens with zero attached hydrogens (tertiary/aromatic N) is 2. The zero-order chi connectivity index (χ0) is 14.4. The molecule has 0 saturated carbocycles. The molecule has 1 heterocycles. The first-order valence-electron chi connectivity index (χ1n) is 6.58. The van der Waals surface area contributed by atoms with Gasteiger partial charge in [-0.3, -0.25) is 10.1 Å². The predicted molar refractivity (Wildman–Crippen MR) is 74.1 cm³/mol. The maximum absolute atomic E-state index is 10.8. The molecule has 0 bridgehead atoms. The maximum atomic E-state index is 10.8. The molecule has 0 aliphatic carbocycles. The molecule has 106 valence electrons. The second kappa shape index (κ2) is 6.81. The summed E-state index contributed by atoms with van der Waals surface area (Å²) >= 11 is 0. The van der Waals surface area contributed by atoms with Crippen LogP contribution >= 0.6 is 0 Å². The van der Waals surface area contributed by atoms with Crippen molar-refractivity contribution in [2.45, 2.75) is 32.4 Å². The van der Waals surface area contributed by atoms with Crippen LogP contribution in [0.2, 0.25) is 0 Å². The molecular weight excluding hydrogens is 258 g/mol. The fourth-order valence-electron chi connectivity index (χ4n) is 2.09. The van der Waals surface area contributed by atoms with Crippen molar-refractivity contribution in [2.24, 2.45) is 0 Å². The number of nitro groups is 1. The lowest BCUT2D eigenvalue weighted by molar-refractivity contribution is -0.384. The minimum Gasteiger partial charge on any atom is -0.360 e. The lowest BCUT2D eigenvalue weighted by Gasteiger charge is -2.17. The molecule has 1 aromatic heterocycles. The van der Waals surface area contributed by atoms with E-state index < -0.39 is 0 Å². The molecule has 0 aliphatic rings. The number of benzene rings is 1. The minimum absolute atomic E-state index is 0.0602. The predicted octanol–water partition coefficient (Wildman–Crippen LogP) is 3.21. The van der Waals surface area contributed by atoms with Crippen LogP contribution < -0.4 is 5.32 Å². The highest BCUT2D eigenvalue weighted by molar-refractivity contribution is 5.35. The van der Waals surface area contributed by atoms with Crippen molar-refractivity contribution in [3.63, 3.8) is 0 Å². The summed E-state index contributed by atoms with van der Waals surface area (Å²) in [5, 5.41) is 17.8. The number of hydrogen-bond donors (Lipinski definition) is 1. The molecular formula is C14H17N3O3. The van der Waals surface area contributed by atoms with Crippen LogP contribution in [0.1, 0.15) is 37.1 Å². The van der Waals surface area contributed by atoms with Gasteiger partial charge in [-0.15, -0.1) is 0 Å². The monoisotopic (exact) mass is 275 g/mol. The molecule has 0 saturated heterocycles. The van der Waals surface area contributed by atoms with Gasteiger partial charge in [-0.25, -0.2) is 0 Å². The molecule has 0 amide bonds. The van der Waals surface area contributed by atoms with Gasteiger partial charge in [-0.1, -0.05) is 30.6 Å². The third kappa shape index (κ3) is 3.64. The number of hydrogen-bond acceptors (Lipinski definition) is 5. The van der Waals surface area contributed by atoms with Crippen LogP contribution in [0.5, 0.6) is 0 Å².